The van der Waals surface area contributed by atoms with E-state index in [0.29, 0.717) is 17.5 Å². The molecule has 2 N–H and O–H groups in total. The van der Waals surface area contributed by atoms with Crippen LogP contribution in [0.1, 0.15) is 20.3 Å². The molecule has 0 saturated heterocycles. The molecular formula is C18H18F2N2O3. The molecule has 0 fully saturated rings. The summed E-state index contributed by atoms with van der Waals surface area (Å²) in [5, 5.41) is 4.81. The number of hydrogen-bond acceptors (Lipinski definition) is 3. The number of anilines is 2. The number of ether oxygens (including phenoxy) is 1. The van der Waals surface area contributed by atoms with Crippen molar-refractivity contribution in [2.24, 2.45) is 0 Å². The molecule has 2 rings (SSSR count). The van der Waals surface area contributed by atoms with Crippen molar-refractivity contribution in [1.29, 1.82) is 0 Å². The number of carbonyl (C=O) groups is 2. The third-order valence-electron chi connectivity index (χ3n) is 3.05. The van der Waals surface area contributed by atoms with E-state index >= 15 is 0 Å². The lowest BCUT2D eigenvalue weighted by Gasteiger charge is -2.14. The van der Waals surface area contributed by atoms with Crippen LogP contribution in [-0.4, -0.2) is 17.9 Å². The lowest BCUT2D eigenvalue weighted by atomic mass is 10.2. The molecule has 2 aromatic rings. The Bertz CT molecular complexity index is 779. The highest BCUT2D eigenvalue weighted by atomic mass is 19.1. The Balaban J connectivity index is 1.97. The van der Waals surface area contributed by atoms with Gasteiger partial charge in [-0.1, -0.05) is 12.1 Å². The third-order valence-corrected chi connectivity index (χ3v) is 3.05. The molecule has 5 nitrogen and oxygen atoms in total. The Morgan fingerprint density at radius 1 is 1.00 bits per heavy atom. The summed E-state index contributed by atoms with van der Waals surface area (Å²) in [6.45, 7) is 3.70. The zero-order valence-corrected chi connectivity index (χ0v) is 13.8. The average molecular weight is 348 g/mol. The van der Waals surface area contributed by atoms with Gasteiger partial charge in [-0.15, -0.1) is 0 Å². The number of halogens is 2. The van der Waals surface area contributed by atoms with Crippen molar-refractivity contribution in [3.63, 3.8) is 0 Å². The predicted molar refractivity (Wildman–Crippen MR) is 90.4 cm³/mol. The zero-order chi connectivity index (χ0) is 18.4. The van der Waals surface area contributed by atoms with Gasteiger partial charge in [0.2, 0.25) is 11.8 Å². The Hall–Kier alpha value is -2.96. The van der Waals surface area contributed by atoms with Crippen LogP contribution in [0.25, 0.3) is 0 Å². The standard InChI is InChI=1S/C18H18F2N2O3/c1-11(2)25-16-6-4-3-5-15(16)22-18(24)10-17(23)21-14-8-7-12(19)9-13(14)20/h3-9,11H,10H2,1-2H3,(H,21,23)(H,22,24). The lowest BCUT2D eigenvalue weighted by molar-refractivity contribution is -0.123. The zero-order valence-electron chi connectivity index (χ0n) is 13.8. The van der Waals surface area contributed by atoms with Crippen molar-refractivity contribution >= 4 is 23.2 Å². The van der Waals surface area contributed by atoms with E-state index in [1.54, 1.807) is 24.3 Å². The summed E-state index contributed by atoms with van der Waals surface area (Å²) in [6.07, 6.45) is -0.602. The number of carbonyl (C=O) groups excluding carboxylic acids is 2. The second-order valence-corrected chi connectivity index (χ2v) is 5.56. The highest BCUT2D eigenvalue weighted by molar-refractivity contribution is 6.08. The number of benzene rings is 2. The first-order valence-corrected chi connectivity index (χ1v) is 7.65. The van der Waals surface area contributed by atoms with Crippen molar-refractivity contribution in [1.82, 2.24) is 0 Å². The largest absolute Gasteiger partial charge is 0.489 e. The van der Waals surface area contributed by atoms with E-state index in [1.165, 1.54) is 0 Å². The fourth-order valence-electron chi connectivity index (χ4n) is 2.05. The molecule has 0 heterocycles. The summed E-state index contributed by atoms with van der Waals surface area (Å²) < 4.78 is 31.9. The molecule has 0 aliphatic heterocycles. The highest BCUT2D eigenvalue weighted by Gasteiger charge is 2.14. The summed E-state index contributed by atoms with van der Waals surface area (Å²) in [4.78, 5) is 23.9. The molecule has 0 unspecified atom stereocenters. The fraction of sp³-hybridized carbons (Fsp3) is 0.222. The van der Waals surface area contributed by atoms with E-state index in [1.807, 2.05) is 13.8 Å². The maximum absolute atomic E-state index is 13.5. The molecule has 0 atom stereocenters. The first-order valence-electron chi connectivity index (χ1n) is 7.65. The van der Waals surface area contributed by atoms with Crippen LogP contribution >= 0.6 is 0 Å². The molecular weight excluding hydrogens is 330 g/mol. The average Bonchev–Trinajstić information content (AvgIpc) is 2.51. The van der Waals surface area contributed by atoms with Gasteiger partial charge in [0, 0.05) is 6.07 Å². The summed E-state index contributed by atoms with van der Waals surface area (Å²) in [5.74, 6) is -2.49. The Morgan fingerprint density at radius 2 is 1.64 bits per heavy atom. The second kappa shape index (κ2) is 8.23. The summed E-state index contributed by atoms with van der Waals surface area (Å²) >= 11 is 0. The van der Waals surface area contributed by atoms with E-state index in [2.05, 4.69) is 10.6 Å². The Kier molecular flexibility index (Phi) is 6.05. The van der Waals surface area contributed by atoms with Gasteiger partial charge in [-0.3, -0.25) is 9.59 Å². The molecule has 132 valence electrons. The first kappa shape index (κ1) is 18.4. The normalized spacial score (nSPS) is 10.4. The van der Waals surface area contributed by atoms with Crippen LogP contribution in [0.5, 0.6) is 5.75 Å². The third kappa shape index (κ3) is 5.56. The smallest absolute Gasteiger partial charge is 0.233 e. The minimum atomic E-state index is -0.913. The molecule has 7 heteroatoms. The number of amides is 2. The maximum Gasteiger partial charge on any atom is 0.233 e. The SMILES string of the molecule is CC(C)Oc1ccccc1NC(=O)CC(=O)Nc1ccc(F)cc1F. The van der Waals surface area contributed by atoms with Crippen LogP contribution in [-0.2, 0) is 9.59 Å². The highest BCUT2D eigenvalue weighted by Crippen LogP contribution is 2.25. The van der Waals surface area contributed by atoms with E-state index in [4.69, 9.17) is 4.74 Å². The minimum Gasteiger partial charge on any atom is -0.489 e. The van der Waals surface area contributed by atoms with Gasteiger partial charge < -0.3 is 15.4 Å². The second-order valence-electron chi connectivity index (χ2n) is 5.56. The van der Waals surface area contributed by atoms with Crippen LogP contribution in [0, 0.1) is 11.6 Å². The van der Waals surface area contributed by atoms with E-state index in [0.717, 1.165) is 12.1 Å². The lowest BCUT2D eigenvalue weighted by Crippen LogP contribution is -2.22. The summed E-state index contributed by atoms with van der Waals surface area (Å²) in [5.41, 5.74) is 0.240. The van der Waals surface area contributed by atoms with Crippen molar-refractivity contribution in [3.8, 4) is 5.75 Å². The van der Waals surface area contributed by atoms with Crippen molar-refractivity contribution in [3.05, 3.63) is 54.1 Å². The van der Waals surface area contributed by atoms with E-state index in [9.17, 15) is 18.4 Å². The van der Waals surface area contributed by atoms with Gasteiger partial charge in [-0.25, -0.2) is 8.78 Å². The molecule has 25 heavy (non-hydrogen) atoms. The topological polar surface area (TPSA) is 67.4 Å². The first-order chi connectivity index (χ1) is 11.8. The van der Waals surface area contributed by atoms with Gasteiger partial charge in [-0.05, 0) is 38.1 Å². The number of para-hydroxylation sites is 2. The molecule has 0 bridgehead atoms. The van der Waals surface area contributed by atoms with Gasteiger partial charge in [-0.2, -0.15) is 0 Å². The van der Waals surface area contributed by atoms with Crippen LogP contribution in [0.2, 0.25) is 0 Å². The number of nitrogens with one attached hydrogen (secondary N) is 2. The van der Waals surface area contributed by atoms with Crippen LogP contribution in [0.15, 0.2) is 42.5 Å². The molecule has 0 aliphatic rings. The van der Waals surface area contributed by atoms with Crippen LogP contribution in [0.4, 0.5) is 20.2 Å². The van der Waals surface area contributed by atoms with Crippen molar-refractivity contribution in [2.45, 2.75) is 26.4 Å². The monoisotopic (exact) mass is 348 g/mol. The van der Waals surface area contributed by atoms with Crippen molar-refractivity contribution < 1.29 is 23.1 Å². The summed E-state index contributed by atoms with van der Waals surface area (Å²) in [6, 6.07) is 9.57. The van der Waals surface area contributed by atoms with Crippen LogP contribution < -0.4 is 15.4 Å². The fourth-order valence-corrected chi connectivity index (χ4v) is 2.05. The Morgan fingerprint density at radius 3 is 2.28 bits per heavy atom. The molecule has 0 spiro atoms. The van der Waals surface area contributed by atoms with Gasteiger partial charge >= 0.3 is 0 Å². The molecule has 0 saturated carbocycles. The maximum atomic E-state index is 13.5. The van der Waals surface area contributed by atoms with Gasteiger partial charge in [0.15, 0.2) is 0 Å². The number of hydrogen-bond donors (Lipinski definition) is 2. The molecule has 0 aromatic heterocycles. The molecule has 2 amide bonds. The molecule has 2 aromatic carbocycles. The van der Waals surface area contributed by atoms with E-state index < -0.39 is 29.9 Å². The van der Waals surface area contributed by atoms with Crippen molar-refractivity contribution in [2.75, 3.05) is 10.6 Å². The minimum absolute atomic E-state index is 0.0807. The summed E-state index contributed by atoms with van der Waals surface area (Å²) in [7, 11) is 0. The Labute approximate surface area is 144 Å². The van der Waals surface area contributed by atoms with Crippen LogP contribution in [0.3, 0.4) is 0 Å². The molecule has 0 aliphatic carbocycles. The quantitative estimate of drug-likeness (QED) is 0.782. The van der Waals surface area contributed by atoms with Gasteiger partial charge in [0.05, 0.1) is 17.5 Å². The predicted octanol–water partition coefficient (Wildman–Crippen LogP) is 3.72. The van der Waals surface area contributed by atoms with Gasteiger partial charge in [0.25, 0.3) is 0 Å². The number of rotatable bonds is 6. The van der Waals surface area contributed by atoms with Gasteiger partial charge in [0.1, 0.15) is 23.8 Å². The van der Waals surface area contributed by atoms with E-state index in [-0.39, 0.29) is 11.8 Å². The molecule has 0 radical (unpaired) electrons.